The van der Waals surface area contributed by atoms with Gasteiger partial charge in [0, 0.05) is 19.1 Å². The zero-order chi connectivity index (χ0) is 9.80. The summed E-state index contributed by atoms with van der Waals surface area (Å²) in [6, 6.07) is 0.498. The Labute approximate surface area is 85.8 Å². The number of likely N-dealkylation sites (tertiary alicyclic amines) is 1. The molecule has 0 spiro atoms. The minimum Gasteiger partial charge on any atom is -0.355 e. The Balaban J connectivity index is 1.69. The molecule has 0 aromatic carbocycles. The second-order valence-electron chi connectivity index (χ2n) is 4.21. The number of hydrogen-bond acceptors (Lipinski definition) is 4. The van der Waals surface area contributed by atoms with Crippen molar-refractivity contribution in [1.29, 1.82) is 0 Å². The maximum Gasteiger partial charge on any atom is 0.191 e. The topological polar surface area (TPSA) is 39.7 Å². The summed E-state index contributed by atoms with van der Waals surface area (Å²) < 4.78 is 0. The molecule has 14 heavy (non-hydrogen) atoms. The van der Waals surface area contributed by atoms with Crippen molar-refractivity contribution in [3.05, 3.63) is 0 Å². The van der Waals surface area contributed by atoms with E-state index in [-0.39, 0.29) is 0 Å². The van der Waals surface area contributed by atoms with Crippen LogP contribution in [0.15, 0.2) is 4.99 Å². The molecule has 0 aromatic heterocycles. The molecule has 4 nitrogen and oxygen atoms in total. The number of hydrogen-bond donors (Lipinski definition) is 2. The van der Waals surface area contributed by atoms with Crippen molar-refractivity contribution in [2.75, 3.05) is 32.7 Å². The Kier molecular flexibility index (Phi) is 3.24. The van der Waals surface area contributed by atoms with Crippen molar-refractivity contribution in [3.63, 3.8) is 0 Å². The molecule has 0 amide bonds. The van der Waals surface area contributed by atoms with Gasteiger partial charge in [0.2, 0.25) is 0 Å². The Hall–Kier alpha value is -0.770. The summed E-state index contributed by atoms with van der Waals surface area (Å²) in [4.78, 5) is 6.85. The third-order valence-electron chi connectivity index (χ3n) is 2.79. The summed E-state index contributed by atoms with van der Waals surface area (Å²) >= 11 is 0. The van der Waals surface area contributed by atoms with Crippen molar-refractivity contribution < 1.29 is 0 Å². The highest BCUT2D eigenvalue weighted by atomic mass is 15.2. The van der Waals surface area contributed by atoms with Crippen LogP contribution in [0.3, 0.4) is 0 Å². The van der Waals surface area contributed by atoms with E-state index in [2.05, 4.69) is 27.4 Å². The van der Waals surface area contributed by atoms with E-state index in [4.69, 9.17) is 0 Å². The first-order chi connectivity index (χ1) is 6.84. The van der Waals surface area contributed by atoms with Gasteiger partial charge in [-0.2, -0.15) is 0 Å². The average Bonchev–Trinajstić information content (AvgIpc) is 2.76. The van der Waals surface area contributed by atoms with E-state index in [9.17, 15) is 0 Å². The molecule has 0 saturated carbocycles. The van der Waals surface area contributed by atoms with Crippen LogP contribution < -0.4 is 10.6 Å². The largest absolute Gasteiger partial charge is 0.355 e. The van der Waals surface area contributed by atoms with Crippen LogP contribution in [0.5, 0.6) is 0 Å². The van der Waals surface area contributed by atoms with Crippen LogP contribution in [0.25, 0.3) is 0 Å². The van der Waals surface area contributed by atoms with Gasteiger partial charge in [-0.05, 0) is 32.9 Å². The third-order valence-corrected chi connectivity index (χ3v) is 2.79. The molecule has 2 heterocycles. The Morgan fingerprint density at radius 2 is 2.29 bits per heavy atom. The van der Waals surface area contributed by atoms with Gasteiger partial charge in [-0.1, -0.05) is 0 Å². The van der Waals surface area contributed by atoms with Crippen molar-refractivity contribution in [2.45, 2.75) is 25.8 Å². The molecule has 0 aromatic rings. The predicted octanol–water partition coefficient (Wildman–Crippen LogP) is 0.0195. The van der Waals surface area contributed by atoms with Gasteiger partial charge >= 0.3 is 0 Å². The van der Waals surface area contributed by atoms with Gasteiger partial charge in [0.15, 0.2) is 5.96 Å². The zero-order valence-electron chi connectivity index (χ0n) is 8.92. The lowest BCUT2D eigenvalue weighted by Gasteiger charge is -2.21. The second-order valence-corrected chi connectivity index (χ2v) is 4.21. The molecular weight excluding hydrogens is 176 g/mol. The SMILES string of the molecule is CC(CN1CCCC1)NC1=NCCN1. The van der Waals surface area contributed by atoms with Gasteiger partial charge in [0.1, 0.15) is 0 Å². The maximum absolute atomic E-state index is 4.33. The first-order valence-electron chi connectivity index (χ1n) is 5.62. The lowest BCUT2D eigenvalue weighted by Crippen LogP contribution is -2.44. The summed E-state index contributed by atoms with van der Waals surface area (Å²) in [5.74, 6) is 0.983. The van der Waals surface area contributed by atoms with Crippen molar-refractivity contribution in [3.8, 4) is 0 Å². The maximum atomic E-state index is 4.33. The summed E-state index contributed by atoms with van der Waals surface area (Å²) in [5.41, 5.74) is 0. The van der Waals surface area contributed by atoms with E-state index in [1.165, 1.54) is 25.9 Å². The minimum absolute atomic E-state index is 0.498. The fourth-order valence-electron chi connectivity index (χ4n) is 2.13. The summed E-state index contributed by atoms with van der Waals surface area (Å²) in [5, 5.41) is 6.64. The standard InChI is InChI=1S/C10H20N4/c1-9(8-14-6-2-3-7-14)13-10-11-4-5-12-10/h9H,2-8H2,1H3,(H2,11,12,13). The van der Waals surface area contributed by atoms with Gasteiger partial charge in [-0.25, -0.2) is 0 Å². The zero-order valence-corrected chi connectivity index (χ0v) is 8.92. The van der Waals surface area contributed by atoms with Gasteiger partial charge in [0.25, 0.3) is 0 Å². The second kappa shape index (κ2) is 4.64. The van der Waals surface area contributed by atoms with Gasteiger partial charge < -0.3 is 15.5 Å². The van der Waals surface area contributed by atoms with E-state index in [1.807, 2.05) is 0 Å². The first-order valence-corrected chi connectivity index (χ1v) is 5.62. The molecule has 2 aliphatic rings. The summed E-state index contributed by atoms with van der Waals surface area (Å²) in [6.45, 7) is 7.80. The van der Waals surface area contributed by atoms with Crippen LogP contribution in [0.2, 0.25) is 0 Å². The van der Waals surface area contributed by atoms with E-state index < -0.39 is 0 Å². The Morgan fingerprint density at radius 3 is 2.93 bits per heavy atom. The molecule has 4 heteroatoms. The van der Waals surface area contributed by atoms with Crippen molar-refractivity contribution in [1.82, 2.24) is 15.5 Å². The Morgan fingerprint density at radius 1 is 1.50 bits per heavy atom. The van der Waals surface area contributed by atoms with Crippen LogP contribution in [-0.2, 0) is 0 Å². The first kappa shape index (κ1) is 9.77. The minimum atomic E-state index is 0.498. The number of rotatable bonds is 3. The number of nitrogens with zero attached hydrogens (tertiary/aromatic N) is 2. The molecule has 1 fully saturated rings. The highest BCUT2D eigenvalue weighted by molar-refractivity contribution is 5.81. The smallest absolute Gasteiger partial charge is 0.191 e. The molecule has 0 bridgehead atoms. The average molecular weight is 196 g/mol. The molecule has 1 saturated heterocycles. The van der Waals surface area contributed by atoms with E-state index >= 15 is 0 Å². The molecule has 2 aliphatic heterocycles. The fourth-order valence-corrected chi connectivity index (χ4v) is 2.13. The Bertz CT molecular complexity index is 208. The van der Waals surface area contributed by atoms with Crippen LogP contribution in [-0.4, -0.2) is 49.6 Å². The quantitative estimate of drug-likeness (QED) is 0.668. The van der Waals surface area contributed by atoms with Crippen LogP contribution in [0, 0.1) is 0 Å². The summed E-state index contributed by atoms with van der Waals surface area (Å²) in [6.07, 6.45) is 2.73. The van der Waals surface area contributed by atoms with Gasteiger partial charge in [-0.15, -0.1) is 0 Å². The number of nitrogens with one attached hydrogen (secondary N) is 2. The van der Waals surface area contributed by atoms with Crippen LogP contribution >= 0.6 is 0 Å². The van der Waals surface area contributed by atoms with E-state index in [0.29, 0.717) is 6.04 Å². The molecule has 0 radical (unpaired) electrons. The third kappa shape index (κ3) is 2.61. The monoisotopic (exact) mass is 196 g/mol. The normalized spacial score (nSPS) is 24.5. The molecule has 0 aliphatic carbocycles. The molecule has 1 atom stereocenters. The lowest BCUT2D eigenvalue weighted by atomic mass is 10.3. The number of aliphatic imine (C=N–C) groups is 1. The molecular formula is C10H20N4. The van der Waals surface area contributed by atoms with Gasteiger partial charge in [0.05, 0.1) is 6.54 Å². The molecule has 2 rings (SSSR count). The van der Waals surface area contributed by atoms with Crippen LogP contribution in [0.1, 0.15) is 19.8 Å². The number of guanidine groups is 1. The van der Waals surface area contributed by atoms with Crippen molar-refractivity contribution >= 4 is 5.96 Å². The summed E-state index contributed by atoms with van der Waals surface area (Å²) in [7, 11) is 0. The van der Waals surface area contributed by atoms with Gasteiger partial charge in [-0.3, -0.25) is 4.99 Å². The molecule has 1 unspecified atom stereocenters. The highest BCUT2D eigenvalue weighted by Gasteiger charge is 2.15. The molecule has 80 valence electrons. The van der Waals surface area contributed by atoms with E-state index in [0.717, 1.165) is 25.6 Å². The predicted molar refractivity (Wildman–Crippen MR) is 58.6 cm³/mol. The van der Waals surface area contributed by atoms with Crippen LogP contribution in [0.4, 0.5) is 0 Å². The highest BCUT2D eigenvalue weighted by Crippen LogP contribution is 2.07. The van der Waals surface area contributed by atoms with Crippen molar-refractivity contribution in [2.24, 2.45) is 4.99 Å². The fraction of sp³-hybridized carbons (Fsp3) is 0.900. The van der Waals surface area contributed by atoms with E-state index in [1.54, 1.807) is 0 Å². The molecule has 2 N–H and O–H groups in total. The lowest BCUT2D eigenvalue weighted by molar-refractivity contribution is 0.311.